The van der Waals surface area contributed by atoms with Gasteiger partial charge < -0.3 is 14.3 Å². The first kappa shape index (κ1) is 8.50. The molecule has 0 unspecified atom stereocenters. The van der Waals surface area contributed by atoms with Gasteiger partial charge in [0.25, 0.3) is 0 Å². The highest BCUT2D eigenvalue weighted by atomic mass is 16.4. The molecule has 4 nitrogen and oxygen atoms in total. The van der Waals surface area contributed by atoms with Gasteiger partial charge in [-0.25, -0.2) is 4.79 Å². The maximum atomic E-state index is 11.2. The van der Waals surface area contributed by atoms with Gasteiger partial charge in [-0.2, -0.15) is 0 Å². The normalized spacial score (nSPS) is 10.3. The number of carbonyl (C=O) groups is 1. The van der Waals surface area contributed by atoms with E-state index in [9.17, 15) is 14.7 Å². The van der Waals surface area contributed by atoms with E-state index in [0.29, 0.717) is 5.39 Å². The van der Waals surface area contributed by atoms with Gasteiger partial charge in [0.1, 0.15) is 6.26 Å². The summed E-state index contributed by atoms with van der Waals surface area (Å²) >= 11 is 0. The van der Waals surface area contributed by atoms with Crippen molar-refractivity contribution in [3.63, 3.8) is 0 Å². The third-order valence-corrected chi connectivity index (χ3v) is 1.94. The van der Waals surface area contributed by atoms with Crippen LogP contribution in [0.2, 0.25) is 0 Å². The van der Waals surface area contributed by atoms with Gasteiger partial charge in [0.15, 0.2) is 0 Å². The number of hydrogen-bond donors (Lipinski definition) is 0. The molecule has 0 N–H and O–H groups in total. The molecule has 0 spiro atoms. The third-order valence-electron chi connectivity index (χ3n) is 1.94. The fourth-order valence-electron chi connectivity index (χ4n) is 1.29. The second-order valence-electron chi connectivity index (χ2n) is 2.77. The van der Waals surface area contributed by atoms with Crippen molar-refractivity contribution >= 4 is 16.7 Å². The molecule has 0 fully saturated rings. The van der Waals surface area contributed by atoms with Crippen molar-refractivity contribution in [2.24, 2.45) is 0 Å². The topological polar surface area (TPSA) is 70.3 Å². The molecular weight excluding hydrogens is 184 g/mol. The first-order valence-corrected chi connectivity index (χ1v) is 3.92. The van der Waals surface area contributed by atoms with E-state index in [2.05, 4.69) is 4.42 Å². The van der Waals surface area contributed by atoms with Gasteiger partial charge in [0.2, 0.25) is 0 Å². The van der Waals surface area contributed by atoms with Crippen LogP contribution in [0, 0.1) is 0 Å². The van der Waals surface area contributed by atoms with Gasteiger partial charge in [-0.15, -0.1) is 0 Å². The quantitative estimate of drug-likeness (QED) is 0.640. The van der Waals surface area contributed by atoms with Crippen molar-refractivity contribution in [1.29, 1.82) is 0 Å². The molecule has 2 aromatic rings. The predicted molar refractivity (Wildman–Crippen MR) is 46.8 cm³/mol. The monoisotopic (exact) mass is 189 g/mol. The van der Waals surface area contributed by atoms with Crippen LogP contribution in [0.3, 0.4) is 0 Å². The summed E-state index contributed by atoms with van der Waals surface area (Å²) in [5.74, 6) is -1.36. The largest absolute Gasteiger partial charge is 0.545 e. The smallest absolute Gasteiger partial charge is 0.343 e. The molecule has 0 aliphatic heterocycles. The first-order chi connectivity index (χ1) is 6.70. The summed E-state index contributed by atoms with van der Waals surface area (Å²) in [6.45, 7) is 0. The molecule has 1 aromatic heterocycles. The Morgan fingerprint density at radius 3 is 2.50 bits per heavy atom. The number of aromatic carboxylic acids is 1. The van der Waals surface area contributed by atoms with Crippen molar-refractivity contribution in [2.45, 2.75) is 0 Å². The van der Waals surface area contributed by atoms with Crippen LogP contribution >= 0.6 is 0 Å². The lowest BCUT2D eigenvalue weighted by atomic mass is 10.1. The van der Waals surface area contributed by atoms with Crippen LogP contribution in [-0.4, -0.2) is 5.97 Å². The maximum Gasteiger partial charge on any atom is 0.343 e. The Morgan fingerprint density at radius 2 is 1.86 bits per heavy atom. The number of hydrogen-bond acceptors (Lipinski definition) is 4. The van der Waals surface area contributed by atoms with Crippen LogP contribution in [0.5, 0.6) is 0 Å². The number of carboxylic acids is 1. The Hall–Kier alpha value is -2.10. The summed E-state index contributed by atoms with van der Waals surface area (Å²) in [6.07, 6.45) is 0.903. The van der Waals surface area contributed by atoms with E-state index in [-0.39, 0.29) is 10.9 Å². The molecule has 0 amide bonds. The van der Waals surface area contributed by atoms with Crippen LogP contribution in [-0.2, 0) is 0 Å². The number of carboxylic acid groups (broad SMARTS) is 1. The maximum absolute atomic E-state index is 11.2. The Morgan fingerprint density at radius 1 is 1.21 bits per heavy atom. The zero-order valence-electron chi connectivity index (χ0n) is 7.02. The Labute approximate surface area is 78.4 Å². The average molecular weight is 189 g/mol. The van der Waals surface area contributed by atoms with E-state index in [1.54, 1.807) is 12.1 Å². The Bertz CT molecular complexity index is 553. The Kier molecular flexibility index (Phi) is 1.81. The van der Waals surface area contributed by atoms with E-state index in [1.807, 2.05) is 0 Å². The van der Waals surface area contributed by atoms with Gasteiger partial charge in [0.05, 0.1) is 11.4 Å². The van der Waals surface area contributed by atoms with Gasteiger partial charge in [-0.05, 0) is 6.07 Å². The number of fused-ring (bicyclic) bond motifs is 1. The van der Waals surface area contributed by atoms with Gasteiger partial charge in [0, 0.05) is 10.9 Å². The molecule has 70 valence electrons. The van der Waals surface area contributed by atoms with Crippen LogP contribution in [0.25, 0.3) is 10.8 Å². The number of rotatable bonds is 1. The molecule has 0 atom stereocenters. The molecule has 1 aromatic carbocycles. The van der Waals surface area contributed by atoms with Crippen molar-refractivity contribution in [1.82, 2.24) is 0 Å². The van der Waals surface area contributed by atoms with E-state index in [0.717, 1.165) is 6.26 Å². The highest BCUT2D eigenvalue weighted by molar-refractivity contribution is 6.01. The van der Waals surface area contributed by atoms with Crippen molar-refractivity contribution < 1.29 is 14.3 Å². The minimum atomic E-state index is -1.36. The standard InChI is InChI=1S/C10H6O4/c11-9(12)8-5-14-10(13)7-4-2-1-3-6(7)8/h1-5H,(H,11,12)/p-1. The molecule has 0 radical (unpaired) electrons. The SMILES string of the molecule is O=C([O-])c1coc(=O)c2ccccc12. The lowest BCUT2D eigenvalue weighted by Crippen LogP contribution is -2.23. The van der Waals surface area contributed by atoms with Gasteiger partial charge in [-0.1, -0.05) is 18.2 Å². The highest BCUT2D eigenvalue weighted by Crippen LogP contribution is 2.13. The van der Waals surface area contributed by atoms with Crippen molar-refractivity contribution in [2.75, 3.05) is 0 Å². The summed E-state index contributed by atoms with van der Waals surface area (Å²) < 4.78 is 4.56. The fraction of sp³-hybridized carbons (Fsp3) is 0. The average Bonchev–Trinajstić information content (AvgIpc) is 2.18. The van der Waals surface area contributed by atoms with Gasteiger partial charge in [-0.3, -0.25) is 0 Å². The number of carbonyl (C=O) groups excluding carboxylic acids is 1. The molecule has 0 bridgehead atoms. The fourth-order valence-corrected chi connectivity index (χ4v) is 1.29. The predicted octanol–water partition coefficient (Wildman–Crippen LogP) is 0.156. The van der Waals surface area contributed by atoms with Crippen LogP contribution in [0.4, 0.5) is 0 Å². The zero-order chi connectivity index (χ0) is 10.1. The van der Waals surface area contributed by atoms with E-state index >= 15 is 0 Å². The molecule has 1 heterocycles. The summed E-state index contributed by atoms with van der Waals surface area (Å²) in [4.78, 5) is 21.8. The first-order valence-electron chi connectivity index (χ1n) is 3.92. The van der Waals surface area contributed by atoms with Crippen molar-refractivity contribution in [3.8, 4) is 0 Å². The minimum absolute atomic E-state index is 0.111. The molecule has 0 saturated heterocycles. The molecule has 0 saturated carbocycles. The summed E-state index contributed by atoms with van der Waals surface area (Å²) in [6, 6.07) is 6.33. The van der Waals surface area contributed by atoms with E-state index < -0.39 is 11.6 Å². The zero-order valence-corrected chi connectivity index (χ0v) is 7.02. The lowest BCUT2D eigenvalue weighted by molar-refractivity contribution is -0.254. The Balaban J connectivity index is 2.96. The van der Waals surface area contributed by atoms with Crippen LogP contribution in [0.15, 0.2) is 39.7 Å². The minimum Gasteiger partial charge on any atom is -0.545 e. The molecule has 0 aliphatic rings. The summed E-state index contributed by atoms with van der Waals surface area (Å²) in [5, 5.41) is 11.2. The molecule has 14 heavy (non-hydrogen) atoms. The van der Waals surface area contributed by atoms with E-state index in [1.165, 1.54) is 12.1 Å². The van der Waals surface area contributed by atoms with Crippen molar-refractivity contribution in [3.05, 3.63) is 46.5 Å². The molecule has 2 rings (SSSR count). The molecule has 0 aliphatic carbocycles. The summed E-state index contributed by atoms with van der Waals surface area (Å²) in [7, 11) is 0. The summed E-state index contributed by atoms with van der Waals surface area (Å²) in [5.41, 5.74) is -0.661. The second-order valence-corrected chi connectivity index (χ2v) is 2.77. The van der Waals surface area contributed by atoms with Crippen LogP contribution < -0.4 is 10.7 Å². The second kappa shape index (κ2) is 2.99. The lowest BCUT2D eigenvalue weighted by Gasteiger charge is -2.04. The number of benzene rings is 1. The van der Waals surface area contributed by atoms with E-state index in [4.69, 9.17) is 0 Å². The molecule has 4 heteroatoms. The van der Waals surface area contributed by atoms with Gasteiger partial charge >= 0.3 is 5.63 Å². The molecular formula is C10H5O4-. The van der Waals surface area contributed by atoms with Crippen LogP contribution in [0.1, 0.15) is 10.4 Å². The third kappa shape index (κ3) is 1.17. The highest BCUT2D eigenvalue weighted by Gasteiger charge is 2.05.